The number of para-hydroxylation sites is 1. The van der Waals surface area contributed by atoms with E-state index in [2.05, 4.69) is 5.32 Å². The molecule has 0 atom stereocenters. The van der Waals surface area contributed by atoms with Crippen LogP contribution in [0.4, 0.5) is 5.69 Å². The summed E-state index contributed by atoms with van der Waals surface area (Å²) in [5, 5.41) is 12.3. The Hall–Kier alpha value is -1.06. The lowest BCUT2D eigenvalue weighted by atomic mass is 10.2. The van der Waals surface area contributed by atoms with E-state index in [9.17, 15) is 0 Å². The van der Waals surface area contributed by atoms with E-state index in [0.717, 1.165) is 17.8 Å². The molecule has 0 aromatic heterocycles. The van der Waals surface area contributed by atoms with Gasteiger partial charge in [0.15, 0.2) is 0 Å². The van der Waals surface area contributed by atoms with E-state index < -0.39 is 0 Å². The van der Waals surface area contributed by atoms with Crippen molar-refractivity contribution in [2.45, 2.75) is 26.6 Å². The van der Waals surface area contributed by atoms with Crippen molar-refractivity contribution in [3.63, 3.8) is 0 Å². The number of aliphatic hydroxyl groups is 1. The van der Waals surface area contributed by atoms with Crippen LogP contribution in [0, 0.1) is 0 Å². The number of benzene rings is 1. The minimum absolute atomic E-state index is 0.0637. The van der Waals surface area contributed by atoms with Crippen LogP contribution in [0.1, 0.15) is 19.4 Å². The lowest BCUT2D eigenvalue weighted by Gasteiger charge is -2.11. The van der Waals surface area contributed by atoms with Crippen LogP contribution < -0.4 is 5.32 Å². The number of hydrogen-bond acceptors (Lipinski definition) is 3. The highest BCUT2D eigenvalue weighted by atomic mass is 16.5. The molecule has 0 saturated heterocycles. The Balaban J connectivity index is 2.36. The molecule has 0 aliphatic carbocycles. The monoisotopic (exact) mass is 209 g/mol. The molecule has 0 unspecified atom stereocenters. The molecule has 15 heavy (non-hydrogen) atoms. The van der Waals surface area contributed by atoms with Gasteiger partial charge < -0.3 is 15.2 Å². The van der Waals surface area contributed by atoms with E-state index in [0.29, 0.717) is 6.61 Å². The molecule has 0 bridgehead atoms. The second-order valence-corrected chi connectivity index (χ2v) is 3.66. The Morgan fingerprint density at radius 1 is 1.33 bits per heavy atom. The Morgan fingerprint density at radius 3 is 2.73 bits per heavy atom. The first-order valence-corrected chi connectivity index (χ1v) is 5.28. The van der Waals surface area contributed by atoms with E-state index in [-0.39, 0.29) is 12.7 Å². The molecule has 3 nitrogen and oxygen atoms in total. The zero-order valence-corrected chi connectivity index (χ0v) is 9.36. The van der Waals surface area contributed by atoms with Gasteiger partial charge in [0.05, 0.1) is 19.3 Å². The Bertz CT molecular complexity index is 287. The molecule has 1 rings (SSSR count). The largest absolute Gasteiger partial charge is 0.392 e. The van der Waals surface area contributed by atoms with E-state index in [1.165, 1.54) is 0 Å². The fourth-order valence-electron chi connectivity index (χ4n) is 1.31. The summed E-state index contributed by atoms with van der Waals surface area (Å²) in [4.78, 5) is 0. The van der Waals surface area contributed by atoms with Crippen LogP contribution in [0.2, 0.25) is 0 Å². The Morgan fingerprint density at radius 2 is 2.07 bits per heavy atom. The molecule has 1 aromatic rings. The van der Waals surface area contributed by atoms with Crippen molar-refractivity contribution < 1.29 is 9.84 Å². The van der Waals surface area contributed by atoms with Gasteiger partial charge in [-0.25, -0.2) is 0 Å². The minimum atomic E-state index is 0.0637. The minimum Gasteiger partial charge on any atom is -0.392 e. The fraction of sp³-hybridized carbons (Fsp3) is 0.500. The van der Waals surface area contributed by atoms with Gasteiger partial charge in [-0.15, -0.1) is 0 Å². The van der Waals surface area contributed by atoms with Crippen LogP contribution in [0.25, 0.3) is 0 Å². The van der Waals surface area contributed by atoms with E-state index in [1.54, 1.807) is 0 Å². The fourth-order valence-corrected chi connectivity index (χ4v) is 1.31. The van der Waals surface area contributed by atoms with E-state index in [1.807, 2.05) is 38.1 Å². The van der Waals surface area contributed by atoms with Crippen molar-refractivity contribution in [1.82, 2.24) is 0 Å². The van der Waals surface area contributed by atoms with Crippen molar-refractivity contribution in [2.24, 2.45) is 0 Å². The highest BCUT2D eigenvalue weighted by molar-refractivity contribution is 5.50. The average Bonchev–Trinajstić information content (AvgIpc) is 2.24. The van der Waals surface area contributed by atoms with Crippen molar-refractivity contribution in [3.8, 4) is 0 Å². The van der Waals surface area contributed by atoms with Crippen LogP contribution in [-0.4, -0.2) is 24.4 Å². The quantitative estimate of drug-likeness (QED) is 0.704. The number of nitrogens with one attached hydrogen (secondary N) is 1. The summed E-state index contributed by atoms with van der Waals surface area (Å²) in [5.41, 5.74) is 1.90. The van der Waals surface area contributed by atoms with Crippen molar-refractivity contribution in [1.29, 1.82) is 0 Å². The van der Waals surface area contributed by atoms with Gasteiger partial charge in [0.1, 0.15) is 0 Å². The lowest BCUT2D eigenvalue weighted by Crippen LogP contribution is -2.13. The zero-order valence-electron chi connectivity index (χ0n) is 9.36. The molecule has 0 aliphatic heterocycles. The predicted octanol–water partition coefficient (Wildman–Crippen LogP) is 2.02. The van der Waals surface area contributed by atoms with Crippen LogP contribution in [0.5, 0.6) is 0 Å². The molecule has 2 N–H and O–H groups in total. The maximum Gasteiger partial charge on any atom is 0.0701 e. The molecule has 0 saturated carbocycles. The Kier molecular flexibility index (Phi) is 5.15. The van der Waals surface area contributed by atoms with Crippen LogP contribution >= 0.6 is 0 Å². The number of aliphatic hydroxyl groups excluding tert-OH is 1. The third kappa shape index (κ3) is 4.32. The molecule has 0 aliphatic rings. The van der Waals surface area contributed by atoms with E-state index in [4.69, 9.17) is 9.84 Å². The summed E-state index contributed by atoms with van der Waals surface area (Å²) >= 11 is 0. The summed E-state index contributed by atoms with van der Waals surface area (Å²) < 4.78 is 5.41. The van der Waals surface area contributed by atoms with Crippen molar-refractivity contribution in [3.05, 3.63) is 29.8 Å². The summed E-state index contributed by atoms with van der Waals surface area (Å²) in [6.45, 7) is 5.53. The van der Waals surface area contributed by atoms with Gasteiger partial charge in [0.2, 0.25) is 0 Å². The average molecular weight is 209 g/mol. The molecule has 0 heterocycles. The zero-order chi connectivity index (χ0) is 11.1. The molecule has 84 valence electrons. The number of ether oxygens (including phenoxy) is 1. The first-order valence-electron chi connectivity index (χ1n) is 5.28. The summed E-state index contributed by atoms with van der Waals surface area (Å²) in [7, 11) is 0. The predicted molar refractivity (Wildman–Crippen MR) is 61.9 cm³/mol. The molecule has 3 heteroatoms. The van der Waals surface area contributed by atoms with Gasteiger partial charge in [-0.1, -0.05) is 18.2 Å². The second kappa shape index (κ2) is 6.43. The van der Waals surface area contributed by atoms with Crippen LogP contribution in [-0.2, 0) is 11.3 Å². The third-order valence-electron chi connectivity index (χ3n) is 2.06. The molecule has 0 radical (unpaired) electrons. The highest BCUT2D eigenvalue weighted by Crippen LogP contribution is 2.13. The number of rotatable bonds is 6. The number of hydrogen-bond donors (Lipinski definition) is 2. The van der Waals surface area contributed by atoms with E-state index >= 15 is 0 Å². The van der Waals surface area contributed by atoms with Gasteiger partial charge in [-0.05, 0) is 19.9 Å². The van der Waals surface area contributed by atoms with Crippen molar-refractivity contribution >= 4 is 5.69 Å². The second-order valence-electron chi connectivity index (χ2n) is 3.66. The topological polar surface area (TPSA) is 41.5 Å². The highest BCUT2D eigenvalue weighted by Gasteiger charge is 1.99. The maximum absolute atomic E-state index is 9.09. The summed E-state index contributed by atoms with van der Waals surface area (Å²) in [6, 6.07) is 7.73. The lowest BCUT2D eigenvalue weighted by molar-refractivity contribution is 0.0870. The van der Waals surface area contributed by atoms with Crippen LogP contribution in [0.15, 0.2) is 24.3 Å². The first-order chi connectivity index (χ1) is 7.24. The SMILES string of the molecule is CC(C)OCCNc1ccccc1CO. The normalized spacial score (nSPS) is 10.7. The molecular formula is C12H19NO2. The molecule has 0 spiro atoms. The van der Waals surface area contributed by atoms with Gasteiger partial charge in [0.25, 0.3) is 0 Å². The first kappa shape index (κ1) is 12.0. The maximum atomic E-state index is 9.09. The Labute approximate surface area is 91.1 Å². The molecular weight excluding hydrogens is 190 g/mol. The summed E-state index contributed by atoms with van der Waals surface area (Å²) in [6.07, 6.45) is 0.264. The smallest absolute Gasteiger partial charge is 0.0701 e. The standard InChI is InChI=1S/C12H19NO2/c1-10(2)15-8-7-13-12-6-4-3-5-11(12)9-14/h3-6,10,13-14H,7-9H2,1-2H3. The molecule has 0 fully saturated rings. The number of anilines is 1. The van der Waals surface area contributed by atoms with Gasteiger partial charge in [0, 0.05) is 17.8 Å². The van der Waals surface area contributed by atoms with Crippen LogP contribution in [0.3, 0.4) is 0 Å². The summed E-state index contributed by atoms with van der Waals surface area (Å²) in [5.74, 6) is 0. The molecule has 0 amide bonds. The van der Waals surface area contributed by atoms with Gasteiger partial charge in [-0.3, -0.25) is 0 Å². The van der Waals surface area contributed by atoms with Gasteiger partial charge >= 0.3 is 0 Å². The third-order valence-corrected chi connectivity index (χ3v) is 2.06. The van der Waals surface area contributed by atoms with Gasteiger partial charge in [-0.2, -0.15) is 0 Å². The van der Waals surface area contributed by atoms with Crippen molar-refractivity contribution in [2.75, 3.05) is 18.5 Å². The molecule has 1 aromatic carbocycles.